The zero-order valence-electron chi connectivity index (χ0n) is 14.3. The molecule has 0 aliphatic rings. The largest absolute Gasteiger partial charge is 0.493 e. The maximum Gasteiger partial charge on any atom is 0.262 e. The van der Waals surface area contributed by atoms with E-state index in [0.29, 0.717) is 11.5 Å². The summed E-state index contributed by atoms with van der Waals surface area (Å²) in [5.41, 5.74) is 2.84. The minimum absolute atomic E-state index is 0.0910. The first-order valence-electron chi connectivity index (χ1n) is 8.31. The predicted molar refractivity (Wildman–Crippen MR) is 103 cm³/mol. The van der Waals surface area contributed by atoms with Gasteiger partial charge in [-0.2, -0.15) is 0 Å². The number of aromatic amines is 1. The number of aromatic nitrogens is 1. The summed E-state index contributed by atoms with van der Waals surface area (Å²) in [7, 11) is 1.57. The number of hydrogen-bond donors (Lipinski definition) is 2. The average molecular weight is 346 g/mol. The van der Waals surface area contributed by atoms with E-state index in [1.807, 2.05) is 48.5 Å². The smallest absolute Gasteiger partial charge is 0.262 e. The molecule has 0 atom stereocenters. The summed E-state index contributed by atoms with van der Waals surface area (Å²) in [6.45, 7) is -0.0910. The van der Waals surface area contributed by atoms with Crippen LogP contribution in [0.4, 0.5) is 5.69 Å². The molecule has 130 valence electrons. The number of carbonyl (C=O) groups is 1. The van der Waals surface area contributed by atoms with Gasteiger partial charge in [-0.15, -0.1) is 0 Å². The van der Waals surface area contributed by atoms with Crippen LogP contribution in [0.25, 0.3) is 21.8 Å². The first-order chi connectivity index (χ1) is 12.7. The molecule has 26 heavy (non-hydrogen) atoms. The first-order valence-corrected chi connectivity index (χ1v) is 8.31. The summed E-state index contributed by atoms with van der Waals surface area (Å²) in [6.07, 6.45) is 0. The van der Waals surface area contributed by atoms with Crippen molar-refractivity contribution in [1.82, 2.24) is 4.98 Å². The molecule has 0 aliphatic carbocycles. The quantitative estimate of drug-likeness (QED) is 0.565. The zero-order chi connectivity index (χ0) is 17.9. The lowest BCUT2D eigenvalue weighted by molar-refractivity contribution is -0.118. The fraction of sp³-hybridized carbons (Fsp3) is 0.0952. The number of fused-ring (bicyclic) bond motifs is 3. The van der Waals surface area contributed by atoms with Crippen LogP contribution in [-0.4, -0.2) is 24.6 Å². The Kier molecular flexibility index (Phi) is 4.19. The molecule has 0 aliphatic heterocycles. The third-order valence-corrected chi connectivity index (χ3v) is 4.22. The van der Waals surface area contributed by atoms with Crippen LogP contribution >= 0.6 is 0 Å². The fourth-order valence-electron chi connectivity index (χ4n) is 3.00. The lowest BCUT2D eigenvalue weighted by atomic mass is 10.1. The summed E-state index contributed by atoms with van der Waals surface area (Å²) >= 11 is 0. The number of H-pyrrole nitrogens is 1. The number of carbonyl (C=O) groups excluding carboxylic acids is 1. The van der Waals surface area contributed by atoms with Gasteiger partial charge in [-0.25, -0.2) is 0 Å². The highest BCUT2D eigenvalue weighted by Gasteiger charge is 2.09. The Bertz CT molecular complexity index is 1080. The summed E-state index contributed by atoms with van der Waals surface area (Å²) in [5, 5.41) is 5.08. The number of anilines is 1. The third kappa shape index (κ3) is 3.07. The SMILES string of the molecule is COc1ccccc1OCC(=O)Nc1ccc2[nH]c3ccccc3c2c1. The van der Waals surface area contributed by atoms with Gasteiger partial charge >= 0.3 is 0 Å². The molecule has 3 aromatic carbocycles. The van der Waals surface area contributed by atoms with Gasteiger partial charge in [0.2, 0.25) is 0 Å². The van der Waals surface area contributed by atoms with Gasteiger partial charge in [-0.3, -0.25) is 4.79 Å². The number of hydrogen-bond acceptors (Lipinski definition) is 3. The Hall–Kier alpha value is -3.47. The van der Waals surface area contributed by atoms with Gasteiger partial charge < -0.3 is 19.8 Å². The molecule has 2 N–H and O–H groups in total. The molecule has 0 saturated carbocycles. The highest BCUT2D eigenvalue weighted by molar-refractivity contribution is 6.09. The van der Waals surface area contributed by atoms with E-state index >= 15 is 0 Å². The normalized spacial score (nSPS) is 10.8. The Balaban J connectivity index is 1.49. The second kappa shape index (κ2) is 6.80. The maximum atomic E-state index is 12.2. The predicted octanol–water partition coefficient (Wildman–Crippen LogP) is 4.35. The van der Waals surface area contributed by atoms with Crippen LogP contribution in [0.15, 0.2) is 66.7 Å². The van der Waals surface area contributed by atoms with E-state index in [2.05, 4.69) is 16.4 Å². The summed E-state index contributed by atoms with van der Waals surface area (Å²) in [6, 6.07) is 21.1. The van der Waals surface area contributed by atoms with Gasteiger partial charge in [0, 0.05) is 27.5 Å². The van der Waals surface area contributed by atoms with E-state index in [1.54, 1.807) is 19.2 Å². The van der Waals surface area contributed by atoms with Crippen molar-refractivity contribution in [3.05, 3.63) is 66.7 Å². The molecular formula is C21H18N2O3. The standard InChI is InChI=1S/C21H18N2O3/c1-25-19-8-4-5-9-20(19)26-13-21(24)22-14-10-11-18-16(12-14)15-6-2-3-7-17(15)23-18/h2-12,23H,13H2,1H3,(H,22,24). The molecule has 0 radical (unpaired) electrons. The lowest BCUT2D eigenvalue weighted by Gasteiger charge is -2.10. The van der Waals surface area contributed by atoms with E-state index in [-0.39, 0.29) is 12.5 Å². The number of para-hydroxylation sites is 3. The topological polar surface area (TPSA) is 63.4 Å². The monoisotopic (exact) mass is 346 g/mol. The Morgan fingerprint density at radius 1 is 0.923 bits per heavy atom. The van der Waals surface area contributed by atoms with Crippen molar-refractivity contribution in [2.24, 2.45) is 0 Å². The molecule has 5 nitrogen and oxygen atoms in total. The van der Waals surface area contributed by atoms with E-state index < -0.39 is 0 Å². The molecule has 0 unspecified atom stereocenters. The second-order valence-corrected chi connectivity index (χ2v) is 5.92. The fourth-order valence-corrected chi connectivity index (χ4v) is 3.00. The van der Waals surface area contributed by atoms with Crippen LogP contribution in [0.1, 0.15) is 0 Å². The molecule has 5 heteroatoms. The second-order valence-electron chi connectivity index (χ2n) is 5.92. The molecule has 0 fully saturated rings. The van der Waals surface area contributed by atoms with Crippen LogP contribution < -0.4 is 14.8 Å². The van der Waals surface area contributed by atoms with E-state index in [4.69, 9.17) is 9.47 Å². The third-order valence-electron chi connectivity index (χ3n) is 4.22. The Morgan fingerprint density at radius 2 is 1.65 bits per heavy atom. The molecule has 1 heterocycles. The molecule has 4 rings (SSSR count). The van der Waals surface area contributed by atoms with E-state index in [0.717, 1.165) is 27.5 Å². The molecule has 1 aromatic heterocycles. The summed E-state index contributed by atoms with van der Waals surface area (Å²) in [5.74, 6) is 0.910. The summed E-state index contributed by atoms with van der Waals surface area (Å²) in [4.78, 5) is 15.6. The van der Waals surface area contributed by atoms with Crippen LogP contribution in [-0.2, 0) is 4.79 Å². The summed E-state index contributed by atoms with van der Waals surface area (Å²) < 4.78 is 10.8. The number of amides is 1. The Morgan fingerprint density at radius 3 is 2.50 bits per heavy atom. The highest BCUT2D eigenvalue weighted by atomic mass is 16.5. The van der Waals surface area contributed by atoms with Crippen LogP contribution in [0, 0.1) is 0 Å². The van der Waals surface area contributed by atoms with Crippen molar-refractivity contribution in [3.63, 3.8) is 0 Å². The van der Waals surface area contributed by atoms with Crippen molar-refractivity contribution in [1.29, 1.82) is 0 Å². The van der Waals surface area contributed by atoms with E-state index in [1.165, 1.54) is 0 Å². The number of methoxy groups -OCH3 is 1. The maximum absolute atomic E-state index is 12.2. The van der Waals surface area contributed by atoms with Crippen molar-refractivity contribution in [3.8, 4) is 11.5 Å². The lowest BCUT2D eigenvalue weighted by Crippen LogP contribution is -2.20. The van der Waals surface area contributed by atoms with Crippen molar-refractivity contribution >= 4 is 33.4 Å². The molecule has 0 saturated heterocycles. The van der Waals surface area contributed by atoms with Gasteiger partial charge in [0.25, 0.3) is 5.91 Å². The molecule has 0 bridgehead atoms. The van der Waals surface area contributed by atoms with Crippen LogP contribution in [0.5, 0.6) is 11.5 Å². The number of ether oxygens (including phenoxy) is 2. The Labute approximate surface area is 150 Å². The average Bonchev–Trinajstić information content (AvgIpc) is 3.04. The molecule has 1 amide bonds. The van der Waals surface area contributed by atoms with E-state index in [9.17, 15) is 4.79 Å². The highest BCUT2D eigenvalue weighted by Crippen LogP contribution is 2.28. The van der Waals surface area contributed by atoms with Crippen molar-refractivity contribution < 1.29 is 14.3 Å². The van der Waals surface area contributed by atoms with Gasteiger partial charge in [0.15, 0.2) is 18.1 Å². The minimum Gasteiger partial charge on any atom is -0.493 e. The van der Waals surface area contributed by atoms with Gasteiger partial charge in [-0.05, 0) is 36.4 Å². The van der Waals surface area contributed by atoms with Crippen LogP contribution in [0.3, 0.4) is 0 Å². The zero-order valence-corrected chi connectivity index (χ0v) is 14.3. The number of nitrogens with one attached hydrogen (secondary N) is 2. The minimum atomic E-state index is -0.227. The first kappa shape index (κ1) is 16.0. The molecule has 4 aromatic rings. The van der Waals surface area contributed by atoms with Crippen molar-refractivity contribution in [2.75, 3.05) is 19.0 Å². The van der Waals surface area contributed by atoms with Gasteiger partial charge in [0.05, 0.1) is 7.11 Å². The van der Waals surface area contributed by atoms with Gasteiger partial charge in [0.1, 0.15) is 0 Å². The van der Waals surface area contributed by atoms with Crippen molar-refractivity contribution in [2.45, 2.75) is 0 Å². The van der Waals surface area contributed by atoms with Gasteiger partial charge in [-0.1, -0.05) is 30.3 Å². The molecule has 0 spiro atoms. The molecular weight excluding hydrogens is 328 g/mol. The number of benzene rings is 3. The number of rotatable bonds is 5. The van der Waals surface area contributed by atoms with Crippen LogP contribution in [0.2, 0.25) is 0 Å².